The Balaban J connectivity index is 1.39. The average Bonchev–Trinajstić information content (AvgIpc) is 3.06. The molecule has 0 atom stereocenters. The topological polar surface area (TPSA) is 42.3 Å². The van der Waals surface area contributed by atoms with Crippen LogP contribution < -0.4 is 15.0 Å². The van der Waals surface area contributed by atoms with Crippen LogP contribution in [0.2, 0.25) is 0 Å². The van der Waals surface area contributed by atoms with E-state index >= 15 is 0 Å². The minimum atomic E-state index is 0.608. The van der Waals surface area contributed by atoms with Crippen LogP contribution in [0.3, 0.4) is 0 Å². The lowest BCUT2D eigenvalue weighted by molar-refractivity contribution is 0.289. The molecular weight excluding hydrogens is 300 g/mol. The molecule has 1 aliphatic rings. The first-order valence-corrected chi connectivity index (χ1v) is 8.49. The van der Waals surface area contributed by atoms with Crippen molar-refractivity contribution in [1.82, 2.24) is 14.9 Å². The third kappa shape index (κ3) is 3.21. The summed E-state index contributed by atoms with van der Waals surface area (Å²) in [5, 5.41) is 4.62. The molecule has 0 bridgehead atoms. The maximum absolute atomic E-state index is 5.89. The van der Waals surface area contributed by atoms with Crippen LogP contribution in [0.5, 0.6) is 5.88 Å². The SMILES string of the molecule is c1cc(OCCn2ccc3ccccc32)nc(N2CCNCC2)c1. The van der Waals surface area contributed by atoms with Gasteiger partial charge in [0.25, 0.3) is 0 Å². The van der Waals surface area contributed by atoms with Gasteiger partial charge in [-0.25, -0.2) is 0 Å². The number of pyridine rings is 1. The highest BCUT2D eigenvalue weighted by Gasteiger charge is 2.12. The number of rotatable bonds is 5. The number of anilines is 1. The number of hydrogen-bond acceptors (Lipinski definition) is 4. The third-order valence-corrected chi connectivity index (χ3v) is 4.41. The number of para-hydroxylation sites is 1. The summed E-state index contributed by atoms with van der Waals surface area (Å²) in [4.78, 5) is 6.94. The maximum Gasteiger partial charge on any atom is 0.215 e. The van der Waals surface area contributed by atoms with Crippen LogP contribution in [0, 0.1) is 0 Å². The Morgan fingerprint density at radius 1 is 1.00 bits per heavy atom. The average molecular weight is 322 g/mol. The molecule has 3 aromatic rings. The molecule has 5 nitrogen and oxygen atoms in total. The molecule has 4 rings (SSSR count). The lowest BCUT2D eigenvalue weighted by atomic mass is 10.2. The van der Waals surface area contributed by atoms with Crippen molar-refractivity contribution in [2.75, 3.05) is 37.7 Å². The first kappa shape index (κ1) is 15.0. The molecule has 1 aliphatic heterocycles. The number of piperazine rings is 1. The third-order valence-electron chi connectivity index (χ3n) is 4.41. The van der Waals surface area contributed by atoms with Crippen LogP contribution in [0.15, 0.2) is 54.7 Å². The zero-order valence-corrected chi connectivity index (χ0v) is 13.7. The molecule has 1 aromatic carbocycles. The summed E-state index contributed by atoms with van der Waals surface area (Å²) in [6, 6.07) is 16.5. The van der Waals surface area contributed by atoms with Crippen LogP contribution in [0.4, 0.5) is 5.82 Å². The molecule has 2 aromatic heterocycles. The molecule has 0 spiro atoms. The van der Waals surface area contributed by atoms with Crippen molar-refractivity contribution in [3.05, 3.63) is 54.7 Å². The fourth-order valence-electron chi connectivity index (χ4n) is 3.14. The fourth-order valence-corrected chi connectivity index (χ4v) is 3.14. The summed E-state index contributed by atoms with van der Waals surface area (Å²) in [6.07, 6.45) is 2.11. The van der Waals surface area contributed by atoms with E-state index in [-0.39, 0.29) is 0 Å². The van der Waals surface area contributed by atoms with Gasteiger partial charge in [0.1, 0.15) is 12.4 Å². The van der Waals surface area contributed by atoms with Gasteiger partial charge in [0, 0.05) is 44.0 Å². The Morgan fingerprint density at radius 2 is 1.88 bits per heavy atom. The van der Waals surface area contributed by atoms with Gasteiger partial charge in [-0.3, -0.25) is 0 Å². The zero-order chi connectivity index (χ0) is 16.2. The standard InChI is InChI=1S/C19H22N4O/c1-2-5-17-16(4-1)8-11-22(17)14-15-24-19-7-3-6-18(21-19)23-12-9-20-10-13-23/h1-8,11,20H,9-10,12-15H2. The molecule has 1 N–H and O–H groups in total. The van der Waals surface area contributed by atoms with Gasteiger partial charge >= 0.3 is 0 Å². The number of nitrogens with one attached hydrogen (secondary N) is 1. The number of nitrogens with zero attached hydrogens (tertiary/aromatic N) is 3. The van der Waals surface area contributed by atoms with Gasteiger partial charge in [-0.05, 0) is 23.6 Å². The molecule has 0 unspecified atom stereocenters. The van der Waals surface area contributed by atoms with E-state index in [9.17, 15) is 0 Å². The van der Waals surface area contributed by atoms with E-state index in [1.165, 1.54) is 10.9 Å². The van der Waals surface area contributed by atoms with Crippen molar-refractivity contribution in [2.24, 2.45) is 0 Å². The lowest BCUT2D eigenvalue weighted by Crippen LogP contribution is -2.43. The Bertz CT molecular complexity index is 808. The fraction of sp³-hybridized carbons (Fsp3) is 0.316. The van der Waals surface area contributed by atoms with Crippen molar-refractivity contribution >= 4 is 16.7 Å². The maximum atomic E-state index is 5.89. The Morgan fingerprint density at radius 3 is 2.79 bits per heavy atom. The number of hydrogen-bond donors (Lipinski definition) is 1. The molecule has 0 saturated carbocycles. The zero-order valence-electron chi connectivity index (χ0n) is 13.7. The van der Waals surface area contributed by atoms with E-state index in [1.54, 1.807) is 0 Å². The Hall–Kier alpha value is -2.53. The molecule has 24 heavy (non-hydrogen) atoms. The van der Waals surface area contributed by atoms with Gasteiger partial charge in [0.05, 0.1) is 6.54 Å². The highest BCUT2D eigenvalue weighted by atomic mass is 16.5. The summed E-state index contributed by atoms with van der Waals surface area (Å²) >= 11 is 0. The predicted octanol–water partition coefficient (Wildman–Crippen LogP) is 2.52. The monoisotopic (exact) mass is 322 g/mol. The van der Waals surface area contributed by atoms with Crippen LogP contribution >= 0.6 is 0 Å². The number of fused-ring (bicyclic) bond motifs is 1. The Kier molecular flexibility index (Phi) is 4.34. The number of aromatic nitrogens is 2. The molecule has 1 fully saturated rings. The van der Waals surface area contributed by atoms with Crippen molar-refractivity contribution in [1.29, 1.82) is 0 Å². The number of ether oxygens (including phenoxy) is 1. The lowest BCUT2D eigenvalue weighted by Gasteiger charge is -2.28. The van der Waals surface area contributed by atoms with Crippen LogP contribution in [-0.4, -0.2) is 42.3 Å². The largest absolute Gasteiger partial charge is 0.476 e. The first-order valence-electron chi connectivity index (χ1n) is 8.49. The second-order valence-corrected chi connectivity index (χ2v) is 5.99. The van der Waals surface area contributed by atoms with E-state index in [0.717, 1.165) is 38.5 Å². The van der Waals surface area contributed by atoms with Gasteiger partial charge in [0.2, 0.25) is 5.88 Å². The molecule has 3 heterocycles. The minimum Gasteiger partial charge on any atom is -0.476 e. The van der Waals surface area contributed by atoms with Gasteiger partial charge in [-0.1, -0.05) is 24.3 Å². The summed E-state index contributed by atoms with van der Waals surface area (Å²) in [6.45, 7) is 5.42. The van der Waals surface area contributed by atoms with Gasteiger partial charge in [0.15, 0.2) is 0 Å². The van der Waals surface area contributed by atoms with Crippen LogP contribution in [0.1, 0.15) is 0 Å². The molecular formula is C19H22N4O. The smallest absolute Gasteiger partial charge is 0.215 e. The molecule has 0 aliphatic carbocycles. The second kappa shape index (κ2) is 6.93. The summed E-state index contributed by atoms with van der Waals surface area (Å²) in [5.41, 5.74) is 1.24. The highest BCUT2D eigenvalue weighted by Crippen LogP contribution is 2.17. The molecule has 124 valence electrons. The van der Waals surface area contributed by atoms with E-state index in [2.05, 4.69) is 62.4 Å². The quantitative estimate of drug-likeness (QED) is 0.784. The van der Waals surface area contributed by atoms with E-state index in [0.29, 0.717) is 12.5 Å². The number of benzene rings is 1. The molecule has 1 saturated heterocycles. The van der Waals surface area contributed by atoms with E-state index in [4.69, 9.17) is 4.74 Å². The normalized spacial score (nSPS) is 14.9. The van der Waals surface area contributed by atoms with Crippen molar-refractivity contribution in [3.63, 3.8) is 0 Å². The van der Waals surface area contributed by atoms with Crippen molar-refractivity contribution in [3.8, 4) is 5.88 Å². The summed E-state index contributed by atoms with van der Waals surface area (Å²) in [7, 11) is 0. The van der Waals surface area contributed by atoms with E-state index in [1.807, 2.05) is 12.1 Å². The van der Waals surface area contributed by atoms with Gasteiger partial charge < -0.3 is 19.5 Å². The van der Waals surface area contributed by atoms with Crippen LogP contribution in [-0.2, 0) is 6.54 Å². The second-order valence-electron chi connectivity index (χ2n) is 5.99. The summed E-state index contributed by atoms with van der Waals surface area (Å²) in [5.74, 6) is 1.70. The van der Waals surface area contributed by atoms with Gasteiger partial charge in [-0.2, -0.15) is 4.98 Å². The molecule has 0 amide bonds. The molecule has 5 heteroatoms. The Labute approximate surface area is 141 Å². The van der Waals surface area contributed by atoms with Crippen molar-refractivity contribution < 1.29 is 4.74 Å². The predicted molar refractivity (Wildman–Crippen MR) is 96.8 cm³/mol. The highest BCUT2D eigenvalue weighted by molar-refractivity contribution is 5.79. The van der Waals surface area contributed by atoms with Crippen molar-refractivity contribution in [2.45, 2.75) is 6.54 Å². The van der Waals surface area contributed by atoms with Crippen LogP contribution in [0.25, 0.3) is 10.9 Å². The minimum absolute atomic E-state index is 0.608. The first-order chi connectivity index (χ1) is 11.9. The van der Waals surface area contributed by atoms with E-state index < -0.39 is 0 Å². The summed E-state index contributed by atoms with van der Waals surface area (Å²) < 4.78 is 8.10. The van der Waals surface area contributed by atoms with Gasteiger partial charge in [-0.15, -0.1) is 0 Å². The molecule has 0 radical (unpaired) electrons.